The normalized spacial score (nSPS) is 19.3. The van der Waals surface area contributed by atoms with Gasteiger partial charge in [-0.15, -0.1) is 0 Å². The number of ether oxygens (including phenoxy) is 5. The molecule has 0 amide bonds. The molecule has 5 rings (SSSR count). The van der Waals surface area contributed by atoms with Crippen molar-refractivity contribution in [2.45, 2.75) is 69.9 Å². The second-order valence-corrected chi connectivity index (χ2v) is 14.6. The van der Waals surface area contributed by atoms with Gasteiger partial charge in [-0.05, 0) is 68.7 Å². The van der Waals surface area contributed by atoms with Gasteiger partial charge in [-0.25, -0.2) is 16.0 Å². The molecule has 2 heterocycles. The number of nitrogens with one attached hydrogen (secondary N) is 1. The highest BCUT2D eigenvalue weighted by Gasteiger charge is 2.51. The maximum atomic E-state index is 13.2. The van der Waals surface area contributed by atoms with E-state index in [1.165, 1.54) is 23.9 Å². The van der Waals surface area contributed by atoms with Gasteiger partial charge in [0.15, 0.2) is 6.23 Å². The number of rotatable bonds is 18. The number of hydrogen-bond donors (Lipinski definition) is 1. The molecule has 2 unspecified atom stereocenters. The van der Waals surface area contributed by atoms with Crippen molar-refractivity contribution in [3.8, 4) is 11.5 Å². The molecule has 1 aliphatic rings. The first kappa shape index (κ1) is 40.8. The van der Waals surface area contributed by atoms with Gasteiger partial charge in [-0.2, -0.15) is 0 Å². The number of benzene rings is 3. The minimum absolute atomic E-state index is 0.0237. The zero-order valence-corrected chi connectivity index (χ0v) is 32.6. The molecule has 0 aliphatic carbocycles. The van der Waals surface area contributed by atoms with Gasteiger partial charge in [0.1, 0.15) is 42.0 Å². The molecule has 1 aliphatic heterocycles. The first-order chi connectivity index (χ1) is 26.1. The molecule has 54 heavy (non-hydrogen) atoms. The summed E-state index contributed by atoms with van der Waals surface area (Å²) in [5.74, 6) is 1.37. The van der Waals surface area contributed by atoms with Crippen molar-refractivity contribution in [1.82, 2.24) is 14.2 Å². The van der Waals surface area contributed by atoms with Gasteiger partial charge >= 0.3 is 5.69 Å². The highest BCUT2D eigenvalue weighted by atomic mass is 31.2. The molecule has 14 heteroatoms. The summed E-state index contributed by atoms with van der Waals surface area (Å²) in [6.45, 7) is 15.8. The van der Waals surface area contributed by atoms with Crippen LogP contribution < -0.4 is 20.7 Å². The van der Waals surface area contributed by atoms with Gasteiger partial charge in [0.05, 0.1) is 20.8 Å². The lowest BCUT2D eigenvalue weighted by Crippen LogP contribution is -2.43. The van der Waals surface area contributed by atoms with Crippen LogP contribution in [-0.4, -0.2) is 85.7 Å². The van der Waals surface area contributed by atoms with Crippen molar-refractivity contribution in [1.29, 1.82) is 0 Å². The summed E-state index contributed by atoms with van der Waals surface area (Å²) in [7, 11) is 2.99. The Morgan fingerprint density at radius 3 is 1.93 bits per heavy atom. The molecule has 0 spiro atoms. The Bertz CT molecular complexity index is 1870. The monoisotopic (exact) mass is 760 g/mol. The molecule has 288 valence electrons. The summed E-state index contributed by atoms with van der Waals surface area (Å²) in [5.41, 5.74) is 0.116. The summed E-state index contributed by atoms with van der Waals surface area (Å²) in [6, 6.07) is 26.6. The van der Waals surface area contributed by atoms with Gasteiger partial charge in [0, 0.05) is 31.5 Å². The number of aromatic nitrogens is 2. The topological polar surface area (TPSA) is 127 Å². The summed E-state index contributed by atoms with van der Waals surface area (Å²) < 4.78 is 47.7. The summed E-state index contributed by atoms with van der Waals surface area (Å²) in [5, 5.41) is 0. The molecule has 0 bridgehead atoms. The van der Waals surface area contributed by atoms with Crippen LogP contribution in [0.3, 0.4) is 0 Å². The lowest BCUT2D eigenvalue weighted by atomic mass is 9.80. The van der Waals surface area contributed by atoms with Crippen LogP contribution in [0.2, 0.25) is 0 Å². The van der Waals surface area contributed by atoms with Crippen molar-refractivity contribution >= 4 is 8.53 Å². The van der Waals surface area contributed by atoms with E-state index in [9.17, 15) is 9.59 Å². The van der Waals surface area contributed by atoms with Crippen LogP contribution in [0.25, 0.3) is 4.85 Å². The van der Waals surface area contributed by atoms with E-state index in [2.05, 4.69) is 42.2 Å². The Hall–Kier alpha value is -4.38. The minimum Gasteiger partial charge on any atom is -0.497 e. The average molecular weight is 761 g/mol. The second-order valence-electron chi connectivity index (χ2n) is 13.2. The van der Waals surface area contributed by atoms with Crippen LogP contribution in [0, 0.1) is 6.57 Å². The quantitative estimate of drug-likeness (QED) is 0.0547. The van der Waals surface area contributed by atoms with E-state index >= 15 is 0 Å². The molecule has 13 nitrogen and oxygen atoms in total. The van der Waals surface area contributed by atoms with Gasteiger partial charge in [-0.1, -0.05) is 54.6 Å². The highest BCUT2D eigenvalue weighted by Crippen LogP contribution is 2.51. The molecule has 4 aromatic rings. The molecule has 0 radical (unpaired) electrons. The molecule has 1 N–H and O–H groups in total. The van der Waals surface area contributed by atoms with Crippen molar-refractivity contribution in [3.05, 3.63) is 140 Å². The first-order valence-corrected chi connectivity index (χ1v) is 18.9. The van der Waals surface area contributed by atoms with E-state index in [1.807, 2.05) is 78.9 Å². The second kappa shape index (κ2) is 18.8. The number of methoxy groups -OCH3 is 3. The fourth-order valence-electron chi connectivity index (χ4n) is 6.75. The molecule has 5 atom stereocenters. The molecule has 1 saturated heterocycles. The Labute approximate surface area is 317 Å². The van der Waals surface area contributed by atoms with E-state index in [-0.39, 0.29) is 31.8 Å². The average Bonchev–Trinajstić information content (AvgIpc) is 3.51. The molecular weight excluding hydrogens is 711 g/mol. The van der Waals surface area contributed by atoms with Crippen LogP contribution in [0.1, 0.15) is 50.6 Å². The number of hydrogen-bond acceptors (Lipinski definition) is 10. The lowest BCUT2D eigenvalue weighted by Gasteiger charge is -2.39. The van der Waals surface area contributed by atoms with Gasteiger partial charge < -0.3 is 37.6 Å². The lowest BCUT2D eigenvalue weighted by molar-refractivity contribution is -0.0957. The van der Waals surface area contributed by atoms with Crippen molar-refractivity contribution in [2.75, 3.05) is 41.1 Å². The molecule has 1 fully saturated rings. The molecule has 3 aromatic carbocycles. The van der Waals surface area contributed by atoms with E-state index in [0.717, 1.165) is 16.7 Å². The number of nitrogens with zero attached hydrogens (tertiary/aromatic N) is 3. The van der Waals surface area contributed by atoms with Crippen LogP contribution in [-0.2, 0) is 28.9 Å². The Balaban J connectivity index is 1.64. The highest BCUT2D eigenvalue weighted by molar-refractivity contribution is 7.44. The van der Waals surface area contributed by atoms with Crippen molar-refractivity contribution in [2.24, 2.45) is 0 Å². The van der Waals surface area contributed by atoms with Crippen LogP contribution in [0.5, 0.6) is 11.5 Å². The molecular formula is C40H49N4O9P. The smallest absolute Gasteiger partial charge is 0.330 e. The van der Waals surface area contributed by atoms with Gasteiger partial charge in [0.2, 0.25) is 6.54 Å². The largest absolute Gasteiger partial charge is 0.497 e. The SMILES string of the molecule is [C-]#[N+]CCOP(OC1[C@@H](COC(c2ccccc2)(c2ccc(OC)cc2)c2ccc(OC)cc2)O[C@@H](n2ccc(=O)[nH]c2=O)[C@H]1OC)N(C(C)C)C(C)C. The number of aromatic amines is 1. The van der Waals surface area contributed by atoms with Crippen LogP contribution in [0.15, 0.2) is 101 Å². The standard InChI is InChI=1S/C40H49N4O9P/c1-27(2)44(28(3)4)54(51-25-23-41-5)53-36-34(52-38(37(36)49-8)43-24-22-35(45)42-39(43)46)26-50-40(29-12-10-9-11-13-29,30-14-18-32(47-6)19-15-30)31-16-20-33(48-7)21-17-31/h9-22,24,27-28,34,36-38H,23,25-26H2,1-4,6-8H3,(H,42,45,46)/t34-,36?,37+,38-,54?/m1/s1. The maximum absolute atomic E-state index is 13.2. The zero-order chi connectivity index (χ0) is 38.8. The third-order valence-electron chi connectivity index (χ3n) is 9.18. The fraction of sp³-hybridized carbons (Fsp3) is 0.425. The van der Waals surface area contributed by atoms with Crippen molar-refractivity contribution < 1.29 is 32.7 Å². The van der Waals surface area contributed by atoms with E-state index in [1.54, 1.807) is 14.2 Å². The van der Waals surface area contributed by atoms with E-state index in [4.69, 9.17) is 39.3 Å². The van der Waals surface area contributed by atoms with E-state index in [0.29, 0.717) is 11.5 Å². The Morgan fingerprint density at radius 2 is 1.43 bits per heavy atom. The summed E-state index contributed by atoms with van der Waals surface area (Å²) in [6.07, 6.45) is -2.12. The summed E-state index contributed by atoms with van der Waals surface area (Å²) >= 11 is 0. The predicted octanol–water partition coefficient (Wildman–Crippen LogP) is 6.14. The molecule has 1 aromatic heterocycles. The van der Waals surface area contributed by atoms with Crippen molar-refractivity contribution in [3.63, 3.8) is 0 Å². The fourth-order valence-corrected chi connectivity index (χ4v) is 8.51. The molecule has 0 saturated carbocycles. The number of H-pyrrole nitrogens is 1. The zero-order valence-electron chi connectivity index (χ0n) is 31.7. The third-order valence-corrected chi connectivity index (χ3v) is 11.3. The maximum Gasteiger partial charge on any atom is 0.330 e. The van der Waals surface area contributed by atoms with E-state index < -0.39 is 49.9 Å². The van der Waals surface area contributed by atoms with Gasteiger partial charge in [-0.3, -0.25) is 14.3 Å². The van der Waals surface area contributed by atoms with Crippen LogP contribution >= 0.6 is 8.53 Å². The third kappa shape index (κ3) is 8.94. The van der Waals surface area contributed by atoms with Gasteiger partial charge in [0.25, 0.3) is 14.1 Å². The van der Waals surface area contributed by atoms with Crippen LogP contribution in [0.4, 0.5) is 0 Å². The summed E-state index contributed by atoms with van der Waals surface area (Å²) in [4.78, 5) is 31.0. The first-order valence-electron chi connectivity index (χ1n) is 17.8. The Kier molecular flexibility index (Phi) is 14.2. The predicted molar refractivity (Wildman–Crippen MR) is 206 cm³/mol. The Morgan fingerprint density at radius 1 is 0.852 bits per heavy atom. The minimum atomic E-state index is -1.77.